The predicted molar refractivity (Wildman–Crippen MR) is 151 cm³/mol. The first-order valence-electron chi connectivity index (χ1n) is 12.3. The SMILES string of the molecule is C/C=C(/C[C@@H](NC(C)=O)NC(=O)[C@@H](Cc1csc2ccccc12)NC(=O)C(C)(C)N)c1ccccc1C. The molecule has 2 aromatic carbocycles. The van der Waals surface area contributed by atoms with Crippen molar-refractivity contribution in [2.24, 2.45) is 5.73 Å². The molecule has 0 unspecified atom stereocenters. The van der Waals surface area contributed by atoms with Crippen molar-refractivity contribution in [3.63, 3.8) is 0 Å². The van der Waals surface area contributed by atoms with Gasteiger partial charge in [-0.15, -0.1) is 11.3 Å². The average molecular weight is 521 g/mol. The van der Waals surface area contributed by atoms with Crippen LogP contribution >= 0.6 is 11.3 Å². The summed E-state index contributed by atoms with van der Waals surface area (Å²) < 4.78 is 1.11. The van der Waals surface area contributed by atoms with Crippen LogP contribution in [0, 0.1) is 6.92 Å². The van der Waals surface area contributed by atoms with Gasteiger partial charge < -0.3 is 21.7 Å². The molecule has 5 N–H and O–H groups in total. The molecule has 0 bridgehead atoms. The molecule has 3 rings (SSSR count). The molecule has 0 spiro atoms. The zero-order valence-electron chi connectivity index (χ0n) is 22.1. The number of rotatable bonds is 10. The number of nitrogens with one attached hydrogen (secondary N) is 3. The lowest BCUT2D eigenvalue weighted by Crippen LogP contribution is -2.59. The number of nitrogens with two attached hydrogens (primary N) is 1. The number of thiophene rings is 1. The summed E-state index contributed by atoms with van der Waals surface area (Å²) in [6.07, 6.45) is 1.99. The number of carbonyl (C=O) groups excluding carboxylic acids is 3. The number of fused-ring (bicyclic) bond motifs is 1. The Hall–Kier alpha value is -3.49. The molecule has 3 aromatic rings. The van der Waals surface area contributed by atoms with Crippen LogP contribution in [0.2, 0.25) is 0 Å². The van der Waals surface area contributed by atoms with Gasteiger partial charge in [0, 0.05) is 24.5 Å². The quantitative estimate of drug-likeness (QED) is 0.302. The zero-order chi connectivity index (χ0) is 27.2. The van der Waals surface area contributed by atoms with E-state index in [-0.39, 0.29) is 5.91 Å². The number of benzene rings is 2. The van der Waals surface area contributed by atoms with Gasteiger partial charge in [-0.05, 0) is 66.8 Å². The van der Waals surface area contributed by atoms with E-state index in [2.05, 4.69) is 16.0 Å². The molecule has 0 saturated carbocycles. The minimum absolute atomic E-state index is 0.266. The largest absolute Gasteiger partial charge is 0.342 e. The third kappa shape index (κ3) is 7.50. The standard InChI is InChI=1S/C29H36N4O3S/c1-6-20(22-12-8-7-11-18(22)2)16-26(31-19(3)34)33-27(35)24(32-28(36)29(4,5)30)15-21-17-37-25-14-10-9-13-23(21)25/h6-14,17,24,26H,15-16,30H2,1-5H3,(H,31,34)(H,32,36)(H,33,35)/b20-6-/t24-,26+/m1/s1. The van der Waals surface area contributed by atoms with Crippen molar-refractivity contribution < 1.29 is 14.4 Å². The number of hydrogen-bond donors (Lipinski definition) is 4. The van der Waals surface area contributed by atoms with E-state index in [1.54, 1.807) is 25.2 Å². The number of aryl methyl sites for hydroxylation is 1. The molecular weight excluding hydrogens is 484 g/mol. The van der Waals surface area contributed by atoms with Crippen molar-refractivity contribution >= 4 is 44.7 Å². The maximum Gasteiger partial charge on any atom is 0.244 e. The van der Waals surface area contributed by atoms with Crippen molar-refractivity contribution in [1.29, 1.82) is 0 Å². The molecule has 0 aliphatic rings. The Morgan fingerprint density at radius 2 is 1.70 bits per heavy atom. The van der Waals surface area contributed by atoms with Crippen LogP contribution in [0.5, 0.6) is 0 Å². The highest BCUT2D eigenvalue weighted by atomic mass is 32.1. The topological polar surface area (TPSA) is 113 Å². The molecule has 1 heterocycles. The van der Waals surface area contributed by atoms with E-state index in [1.165, 1.54) is 6.92 Å². The minimum Gasteiger partial charge on any atom is -0.342 e. The van der Waals surface area contributed by atoms with Crippen molar-refractivity contribution in [1.82, 2.24) is 16.0 Å². The molecule has 3 amide bonds. The second kappa shape index (κ2) is 12.2. The molecule has 0 saturated heterocycles. The minimum atomic E-state index is -1.16. The summed E-state index contributed by atoms with van der Waals surface area (Å²) >= 11 is 1.59. The van der Waals surface area contributed by atoms with E-state index in [1.807, 2.05) is 73.8 Å². The number of hydrogen-bond acceptors (Lipinski definition) is 5. The molecule has 0 aliphatic heterocycles. The zero-order valence-corrected chi connectivity index (χ0v) is 22.9. The van der Waals surface area contributed by atoms with Gasteiger partial charge >= 0.3 is 0 Å². The Balaban J connectivity index is 1.87. The Kier molecular flexibility index (Phi) is 9.23. The van der Waals surface area contributed by atoms with Crippen LogP contribution in [0.15, 0.2) is 60.0 Å². The fourth-order valence-corrected chi connectivity index (χ4v) is 5.13. The molecule has 7 nitrogen and oxygen atoms in total. The van der Waals surface area contributed by atoms with Crippen LogP contribution in [0.4, 0.5) is 0 Å². The maximum atomic E-state index is 13.6. The van der Waals surface area contributed by atoms with Gasteiger partial charge in [0.15, 0.2) is 0 Å². The molecule has 2 atom stereocenters. The van der Waals surface area contributed by atoms with Gasteiger partial charge in [0.2, 0.25) is 17.7 Å². The first-order valence-corrected chi connectivity index (χ1v) is 13.2. The van der Waals surface area contributed by atoms with E-state index in [0.29, 0.717) is 12.8 Å². The Morgan fingerprint density at radius 1 is 1.03 bits per heavy atom. The van der Waals surface area contributed by atoms with Gasteiger partial charge in [0.05, 0.1) is 5.54 Å². The summed E-state index contributed by atoms with van der Waals surface area (Å²) in [4.78, 5) is 38.4. The molecule has 8 heteroatoms. The molecule has 0 fully saturated rings. The predicted octanol–water partition coefficient (Wildman–Crippen LogP) is 4.05. The lowest BCUT2D eigenvalue weighted by molar-refractivity contribution is -0.132. The lowest BCUT2D eigenvalue weighted by Gasteiger charge is -2.27. The molecule has 1 aromatic heterocycles. The van der Waals surface area contributed by atoms with Crippen molar-refractivity contribution in [3.05, 3.63) is 76.7 Å². The van der Waals surface area contributed by atoms with Gasteiger partial charge in [0.25, 0.3) is 0 Å². The maximum absolute atomic E-state index is 13.6. The van der Waals surface area contributed by atoms with Crippen molar-refractivity contribution in [2.45, 2.75) is 65.2 Å². The number of carbonyl (C=O) groups is 3. The highest BCUT2D eigenvalue weighted by Gasteiger charge is 2.30. The third-order valence-electron chi connectivity index (χ3n) is 6.15. The van der Waals surface area contributed by atoms with Gasteiger partial charge in [-0.2, -0.15) is 0 Å². The van der Waals surface area contributed by atoms with Crippen LogP contribution in [0.1, 0.15) is 50.8 Å². The van der Waals surface area contributed by atoms with Gasteiger partial charge in [-0.1, -0.05) is 48.5 Å². The van der Waals surface area contributed by atoms with Crippen LogP contribution in [-0.2, 0) is 20.8 Å². The summed E-state index contributed by atoms with van der Waals surface area (Å²) in [5.74, 6) is -1.10. The first kappa shape index (κ1) is 28.1. The van der Waals surface area contributed by atoms with Crippen LogP contribution < -0.4 is 21.7 Å². The Morgan fingerprint density at radius 3 is 2.35 bits per heavy atom. The normalized spacial score (nSPS) is 13.6. The molecule has 0 aliphatic carbocycles. The fraction of sp³-hybridized carbons (Fsp3) is 0.345. The second-order valence-corrected chi connectivity index (χ2v) is 10.7. The first-order chi connectivity index (χ1) is 17.5. The van der Waals surface area contributed by atoms with E-state index >= 15 is 0 Å². The van der Waals surface area contributed by atoms with E-state index < -0.39 is 29.6 Å². The summed E-state index contributed by atoms with van der Waals surface area (Å²) in [7, 11) is 0. The van der Waals surface area contributed by atoms with Crippen LogP contribution in [-0.4, -0.2) is 35.5 Å². The number of amides is 3. The van der Waals surface area contributed by atoms with E-state index in [0.717, 1.165) is 32.3 Å². The van der Waals surface area contributed by atoms with Crippen LogP contribution in [0.3, 0.4) is 0 Å². The molecule has 196 valence electrons. The Bertz CT molecular complexity index is 1310. The van der Waals surface area contributed by atoms with Crippen molar-refractivity contribution in [3.8, 4) is 0 Å². The number of allylic oxidation sites excluding steroid dienone is 1. The van der Waals surface area contributed by atoms with E-state index in [4.69, 9.17) is 5.73 Å². The fourth-order valence-electron chi connectivity index (χ4n) is 4.16. The Labute approximate surface area is 222 Å². The summed E-state index contributed by atoms with van der Waals surface area (Å²) in [5.41, 5.74) is 8.96. The van der Waals surface area contributed by atoms with E-state index in [9.17, 15) is 14.4 Å². The highest BCUT2D eigenvalue weighted by molar-refractivity contribution is 7.17. The molecular formula is C29H36N4O3S. The van der Waals surface area contributed by atoms with Gasteiger partial charge in [0.1, 0.15) is 12.2 Å². The van der Waals surface area contributed by atoms with Gasteiger partial charge in [-0.25, -0.2) is 0 Å². The second-order valence-electron chi connectivity index (χ2n) is 9.80. The summed E-state index contributed by atoms with van der Waals surface area (Å²) in [6, 6.07) is 15.0. The molecule has 0 radical (unpaired) electrons. The van der Waals surface area contributed by atoms with Gasteiger partial charge in [-0.3, -0.25) is 14.4 Å². The molecule has 37 heavy (non-hydrogen) atoms. The monoisotopic (exact) mass is 520 g/mol. The summed E-state index contributed by atoms with van der Waals surface area (Å²) in [6.45, 7) is 8.56. The average Bonchev–Trinajstić information content (AvgIpc) is 3.24. The van der Waals surface area contributed by atoms with Crippen molar-refractivity contribution in [2.75, 3.05) is 0 Å². The summed E-state index contributed by atoms with van der Waals surface area (Å²) in [5, 5.41) is 11.7. The lowest BCUT2D eigenvalue weighted by atomic mass is 9.96. The smallest absolute Gasteiger partial charge is 0.244 e. The highest BCUT2D eigenvalue weighted by Crippen LogP contribution is 2.27. The van der Waals surface area contributed by atoms with Crippen LogP contribution in [0.25, 0.3) is 15.7 Å². The third-order valence-corrected chi connectivity index (χ3v) is 7.16.